The van der Waals surface area contributed by atoms with Crippen molar-refractivity contribution in [2.24, 2.45) is 0 Å². The van der Waals surface area contributed by atoms with E-state index in [1.807, 2.05) is 49.4 Å². The van der Waals surface area contributed by atoms with Crippen molar-refractivity contribution in [1.82, 2.24) is 0 Å². The molecule has 2 nitrogen and oxygen atoms in total. The molecule has 0 saturated carbocycles. The van der Waals surface area contributed by atoms with Gasteiger partial charge in [-0.1, -0.05) is 42.5 Å². The molecule has 0 radical (unpaired) electrons. The van der Waals surface area contributed by atoms with Gasteiger partial charge < -0.3 is 17.1 Å². The molecule has 0 aliphatic heterocycles. The van der Waals surface area contributed by atoms with Crippen LogP contribution in [0.15, 0.2) is 77.2 Å². The fourth-order valence-corrected chi connectivity index (χ4v) is 2.94. The molecule has 4 aromatic rings. The van der Waals surface area contributed by atoms with Crippen LogP contribution in [-0.4, -0.2) is 6.61 Å². The lowest BCUT2D eigenvalue weighted by molar-refractivity contribution is -0.00000550. The first-order chi connectivity index (χ1) is 11.4. The summed E-state index contributed by atoms with van der Waals surface area (Å²) in [6.07, 6.45) is 0. The predicted molar refractivity (Wildman–Crippen MR) is 94.7 cm³/mol. The molecule has 3 aromatic carbocycles. The van der Waals surface area contributed by atoms with Crippen LogP contribution >= 0.6 is 0 Å². The molecule has 24 heavy (non-hydrogen) atoms. The summed E-state index contributed by atoms with van der Waals surface area (Å²) in [5.41, 5.74) is 1.89. The summed E-state index contributed by atoms with van der Waals surface area (Å²) in [5, 5.41) is 3.40. The lowest BCUT2D eigenvalue weighted by Gasteiger charge is -2.09. The molecule has 0 spiro atoms. The SMILES string of the molecule is CCOc1ccc2ccccc2c1-c1ccc2ccccc2[o+]1.[Cl-]. The van der Waals surface area contributed by atoms with E-state index in [2.05, 4.69) is 30.3 Å². The van der Waals surface area contributed by atoms with E-state index in [0.29, 0.717) is 6.61 Å². The maximum absolute atomic E-state index is 6.16. The monoisotopic (exact) mass is 336 g/mol. The summed E-state index contributed by atoms with van der Waals surface area (Å²) in [7, 11) is 0. The molecule has 0 unspecified atom stereocenters. The Balaban J connectivity index is 0.00000169. The minimum Gasteiger partial charge on any atom is -1.00 e. The summed E-state index contributed by atoms with van der Waals surface area (Å²) in [6, 6.07) is 24.6. The minimum atomic E-state index is 0. The van der Waals surface area contributed by atoms with Gasteiger partial charge in [0.2, 0.25) is 0 Å². The first-order valence-electron chi connectivity index (χ1n) is 7.83. The van der Waals surface area contributed by atoms with Gasteiger partial charge in [0.15, 0.2) is 0 Å². The van der Waals surface area contributed by atoms with Gasteiger partial charge in [0.1, 0.15) is 11.3 Å². The molecular weight excluding hydrogens is 320 g/mol. The normalized spacial score (nSPS) is 10.5. The quantitative estimate of drug-likeness (QED) is 0.536. The molecule has 0 aliphatic carbocycles. The Labute approximate surface area is 147 Å². The highest BCUT2D eigenvalue weighted by molar-refractivity contribution is 5.99. The number of rotatable bonds is 3. The second-order valence-electron chi connectivity index (χ2n) is 5.43. The van der Waals surface area contributed by atoms with E-state index < -0.39 is 0 Å². The zero-order valence-corrected chi connectivity index (χ0v) is 14.1. The molecule has 1 heterocycles. The Hall–Kier alpha value is -2.58. The van der Waals surface area contributed by atoms with Gasteiger partial charge in [-0.2, -0.15) is 0 Å². The fraction of sp³-hybridized carbons (Fsp3) is 0.0952. The van der Waals surface area contributed by atoms with E-state index in [1.165, 1.54) is 5.39 Å². The fourth-order valence-electron chi connectivity index (χ4n) is 2.94. The zero-order valence-electron chi connectivity index (χ0n) is 13.3. The third kappa shape index (κ3) is 2.81. The van der Waals surface area contributed by atoms with Crippen molar-refractivity contribution in [3.63, 3.8) is 0 Å². The minimum absolute atomic E-state index is 0. The third-order valence-corrected chi connectivity index (χ3v) is 3.99. The summed E-state index contributed by atoms with van der Waals surface area (Å²) >= 11 is 0. The second-order valence-corrected chi connectivity index (χ2v) is 5.43. The van der Waals surface area contributed by atoms with Crippen LogP contribution in [0.2, 0.25) is 0 Å². The largest absolute Gasteiger partial charge is 1.00 e. The van der Waals surface area contributed by atoms with Crippen LogP contribution < -0.4 is 17.1 Å². The van der Waals surface area contributed by atoms with Crippen molar-refractivity contribution >= 4 is 21.7 Å². The number of benzene rings is 3. The number of hydrogen-bond acceptors (Lipinski definition) is 1. The van der Waals surface area contributed by atoms with Gasteiger partial charge >= 0.3 is 11.3 Å². The van der Waals surface area contributed by atoms with Crippen LogP contribution in [0.5, 0.6) is 5.75 Å². The van der Waals surface area contributed by atoms with Gasteiger partial charge in [0.25, 0.3) is 0 Å². The lowest BCUT2D eigenvalue weighted by atomic mass is 10.0. The number of para-hydroxylation sites is 1. The van der Waals surface area contributed by atoms with Gasteiger partial charge in [-0.15, -0.1) is 0 Å². The highest BCUT2D eigenvalue weighted by Crippen LogP contribution is 2.38. The maximum Gasteiger partial charge on any atom is 0.365 e. The van der Waals surface area contributed by atoms with Crippen molar-refractivity contribution in [3.8, 4) is 17.1 Å². The molecule has 0 N–H and O–H groups in total. The Morgan fingerprint density at radius 1 is 0.792 bits per heavy atom. The molecule has 0 saturated heterocycles. The van der Waals surface area contributed by atoms with Crippen molar-refractivity contribution in [2.45, 2.75) is 6.92 Å². The first kappa shape index (κ1) is 16.3. The number of fused-ring (bicyclic) bond motifs is 2. The van der Waals surface area contributed by atoms with E-state index in [9.17, 15) is 0 Å². The third-order valence-electron chi connectivity index (χ3n) is 3.99. The maximum atomic E-state index is 6.16. The zero-order chi connectivity index (χ0) is 15.6. The average Bonchev–Trinajstić information content (AvgIpc) is 2.61. The summed E-state index contributed by atoms with van der Waals surface area (Å²) in [4.78, 5) is 0. The summed E-state index contributed by atoms with van der Waals surface area (Å²) in [6.45, 7) is 2.62. The van der Waals surface area contributed by atoms with Crippen LogP contribution in [0.25, 0.3) is 33.1 Å². The van der Waals surface area contributed by atoms with Crippen molar-refractivity contribution in [1.29, 1.82) is 0 Å². The van der Waals surface area contributed by atoms with Crippen LogP contribution in [-0.2, 0) is 0 Å². The Morgan fingerprint density at radius 3 is 2.33 bits per heavy atom. The molecule has 0 atom stereocenters. The molecule has 120 valence electrons. The van der Waals surface area contributed by atoms with Crippen molar-refractivity contribution in [2.75, 3.05) is 6.61 Å². The van der Waals surface area contributed by atoms with Crippen LogP contribution in [0.1, 0.15) is 6.92 Å². The highest BCUT2D eigenvalue weighted by atomic mass is 35.5. The standard InChI is InChI=1S/C21H17O2.ClH/c1-2-22-19-13-11-15-7-3-5-9-17(15)21(19)20-14-12-16-8-4-6-10-18(16)23-20;/h3-14H,2H2,1H3;1H/q+1;/p-1. The van der Waals surface area contributed by atoms with Gasteiger partial charge in [0.05, 0.1) is 12.0 Å². The topological polar surface area (TPSA) is 20.5 Å². The molecular formula is C21H17ClO2. The summed E-state index contributed by atoms with van der Waals surface area (Å²) < 4.78 is 12.0. The van der Waals surface area contributed by atoms with Gasteiger partial charge in [0, 0.05) is 17.5 Å². The molecule has 0 amide bonds. The van der Waals surface area contributed by atoms with E-state index in [4.69, 9.17) is 9.15 Å². The molecule has 0 bridgehead atoms. The Bertz CT molecular complexity index is 995. The van der Waals surface area contributed by atoms with Crippen molar-refractivity contribution < 1.29 is 21.6 Å². The van der Waals surface area contributed by atoms with Crippen LogP contribution in [0.4, 0.5) is 0 Å². The molecule has 0 aliphatic rings. The average molecular weight is 337 g/mol. The van der Waals surface area contributed by atoms with Gasteiger partial charge in [-0.3, -0.25) is 0 Å². The van der Waals surface area contributed by atoms with Crippen LogP contribution in [0.3, 0.4) is 0 Å². The highest BCUT2D eigenvalue weighted by Gasteiger charge is 2.21. The van der Waals surface area contributed by atoms with Gasteiger partial charge in [-0.05, 0) is 30.5 Å². The van der Waals surface area contributed by atoms with E-state index in [0.717, 1.165) is 33.4 Å². The first-order valence-corrected chi connectivity index (χ1v) is 7.83. The molecule has 4 rings (SSSR count). The van der Waals surface area contributed by atoms with E-state index >= 15 is 0 Å². The van der Waals surface area contributed by atoms with Gasteiger partial charge in [-0.25, -0.2) is 4.42 Å². The van der Waals surface area contributed by atoms with Crippen molar-refractivity contribution in [3.05, 3.63) is 72.8 Å². The Morgan fingerprint density at radius 2 is 1.50 bits per heavy atom. The number of halogens is 1. The predicted octanol–water partition coefficient (Wildman–Crippen LogP) is 2.94. The lowest BCUT2D eigenvalue weighted by Crippen LogP contribution is -3.00. The number of ether oxygens (including phenoxy) is 1. The summed E-state index contributed by atoms with van der Waals surface area (Å²) in [5.74, 6) is 1.68. The second kappa shape index (κ2) is 6.90. The van der Waals surface area contributed by atoms with E-state index in [1.54, 1.807) is 0 Å². The molecule has 1 aromatic heterocycles. The molecule has 0 fully saturated rings. The molecule has 3 heteroatoms. The number of hydrogen-bond donors (Lipinski definition) is 0. The smallest absolute Gasteiger partial charge is 0.365 e. The Kier molecular flexibility index (Phi) is 4.68. The van der Waals surface area contributed by atoms with Crippen LogP contribution in [0, 0.1) is 0 Å². The van der Waals surface area contributed by atoms with E-state index in [-0.39, 0.29) is 12.4 Å².